The number of carbonyl (C=O) groups is 2. The van der Waals surface area contributed by atoms with Crippen LogP contribution in [0.2, 0.25) is 0 Å². The number of carbonyl (C=O) groups excluding carboxylic acids is 2. The third-order valence-electron chi connectivity index (χ3n) is 4.17. The molecule has 1 heterocycles. The maximum atomic E-state index is 12.9. The molecule has 148 valence electrons. The van der Waals surface area contributed by atoms with E-state index < -0.39 is 0 Å². The van der Waals surface area contributed by atoms with Gasteiger partial charge in [-0.05, 0) is 30.5 Å². The summed E-state index contributed by atoms with van der Waals surface area (Å²) < 4.78 is 5.37. The highest BCUT2D eigenvalue weighted by Crippen LogP contribution is 2.13. The van der Waals surface area contributed by atoms with Crippen LogP contribution in [0.15, 0.2) is 60.3 Å². The van der Waals surface area contributed by atoms with Gasteiger partial charge in [-0.2, -0.15) is 0 Å². The van der Waals surface area contributed by atoms with Crippen LogP contribution < -0.4 is 5.32 Å². The summed E-state index contributed by atoms with van der Waals surface area (Å²) in [5, 5.41) is 2.63. The summed E-state index contributed by atoms with van der Waals surface area (Å²) in [6, 6.07) is 7.66. The fourth-order valence-corrected chi connectivity index (χ4v) is 2.66. The molecule has 0 bridgehead atoms. The maximum Gasteiger partial charge on any atom is 0.273 e. The molecule has 0 unspecified atom stereocenters. The van der Waals surface area contributed by atoms with Crippen LogP contribution in [0.5, 0.6) is 0 Å². The molecule has 0 aliphatic carbocycles. The number of hydrogen-bond donors (Lipinski definition) is 1. The average molecular weight is 381 g/mol. The quantitative estimate of drug-likeness (QED) is 0.601. The molecule has 28 heavy (non-hydrogen) atoms. The van der Waals surface area contributed by atoms with Crippen LogP contribution in [0.4, 0.5) is 0 Å². The van der Waals surface area contributed by atoms with E-state index in [9.17, 15) is 9.59 Å². The van der Waals surface area contributed by atoms with Crippen LogP contribution in [-0.2, 0) is 13.0 Å². The SMILES string of the molecule is C=CCNC(=O)c1coc(CN(CC=C)C(=O)c2ccc(CCCC)cc2)n1. The van der Waals surface area contributed by atoms with Gasteiger partial charge in [0.1, 0.15) is 6.26 Å². The summed E-state index contributed by atoms with van der Waals surface area (Å²) in [5.74, 6) is -0.199. The fourth-order valence-electron chi connectivity index (χ4n) is 2.66. The molecule has 1 aromatic carbocycles. The van der Waals surface area contributed by atoms with Gasteiger partial charge >= 0.3 is 0 Å². The number of rotatable bonds is 11. The molecule has 0 spiro atoms. The summed E-state index contributed by atoms with van der Waals surface area (Å²) in [7, 11) is 0. The van der Waals surface area contributed by atoms with Crippen LogP contribution in [-0.4, -0.2) is 34.8 Å². The van der Waals surface area contributed by atoms with E-state index in [2.05, 4.69) is 30.4 Å². The number of hydrogen-bond acceptors (Lipinski definition) is 4. The van der Waals surface area contributed by atoms with E-state index in [-0.39, 0.29) is 24.1 Å². The molecule has 0 atom stereocenters. The van der Waals surface area contributed by atoms with Crippen LogP contribution >= 0.6 is 0 Å². The van der Waals surface area contributed by atoms with Gasteiger partial charge < -0.3 is 14.6 Å². The summed E-state index contributed by atoms with van der Waals surface area (Å²) >= 11 is 0. The zero-order valence-corrected chi connectivity index (χ0v) is 16.3. The topological polar surface area (TPSA) is 75.4 Å². The van der Waals surface area contributed by atoms with Crippen molar-refractivity contribution in [1.82, 2.24) is 15.2 Å². The fraction of sp³-hybridized carbons (Fsp3) is 0.318. The van der Waals surface area contributed by atoms with Crippen LogP contribution in [0.3, 0.4) is 0 Å². The minimum absolute atomic E-state index is 0.141. The Balaban J connectivity index is 2.07. The van der Waals surface area contributed by atoms with Crippen molar-refractivity contribution in [2.75, 3.05) is 13.1 Å². The van der Waals surface area contributed by atoms with E-state index in [4.69, 9.17) is 4.42 Å². The molecule has 6 heteroatoms. The molecular formula is C22H27N3O3. The van der Waals surface area contributed by atoms with Gasteiger partial charge in [0.2, 0.25) is 5.89 Å². The lowest BCUT2D eigenvalue weighted by atomic mass is 10.1. The van der Waals surface area contributed by atoms with Crippen molar-refractivity contribution in [2.24, 2.45) is 0 Å². The highest BCUT2D eigenvalue weighted by molar-refractivity contribution is 5.94. The Labute approximate surface area is 166 Å². The van der Waals surface area contributed by atoms with Gasteiger partial charge in [0.05, 0.1) is 6.54 Å². The zero-order chi connectivity index (χ0) is 20.4. The first kappa shape index (κ1) is 21.2. The molecule has 0 aliphatic heterocycles. The van der Waals surface area contributed by atoms with E-state index in [1.807, 2.05) is 24.3 Å². The van der Waals surface area contributed by atoms with Crippen molar-refractivity contribution in [1.29, 1.82) is 0 Å². The normalized spacial score (nSPS) is 10.3. The summed E-state index contributed by atoms with van der Waals surface area (Å²) in [5.41, 5.74) is 1.98. The first-order valence-corrected chi connectivity index (χ1v) is 9.41. The number of unbranched alkanes of at least 4 members (excludes halogenated alkanes) is 1. The van der Waals surface area contributed by atoms with Gasteiger partial charge in [-0.3, -0.25) is 9.59 Å². The molecule has 6 nitrogen and oxygen atoms in total. The number of aromatic nitrogens is 1. The number of nitrogens with zero attached hydrogens (tertiary/aromatic N) is 2. The molecule has 0 saturated heterocycles. The Morgan fingerprint density at radius 2 is 1.96 bits per heavy atom. The van der Waals surface area contributed by atoms with Crippen molar-refractivity contribution in [3.05, 3.63) is 78.6 Å². The van der Waals surface area contributed by atoms with E-state index in [1.165, 1.54) is 11.8 Å². The van der Waals surface area contributed by atoms with Crippen molar-refractivity contribution in [2.45, 2.75) is 32.7 Å². The number of nitrogens with one attached hydrogen (secondary N) is 1. The van der Waals surface area contributed by atoms with Gasteiger partial charge in [0, 0.05) is 18.7 Å². The highest BCUT2D eigenvalue weighted by atomic mass is 16.3. The minimum Gasteiger partial charge on any atom is -0.446 e. The van der Waals surface area contributed by atoms with Gasteiger partial charge in [0.15, 0.2) is 5.69 Å². The van der Waals surface area contributed by atoms with E-state index in [0.29, 0.717) is 24.5 Å². The van der Waals surface area contributed by atoms with Crippen molar-refractivity contribution < 1.29 is 14.0 Å². The van der Waals surface area contributed by atoms with Gasteiger partial charge in [-0.15, -0.1) is 13.2 Å². The molecule has 0 saturated carbocycles. The molecule has 1 N–H and O–H groups in total. The molecule has 2 amide bonds. The largest absolute Gasteiger partial charge is 0.446 e. The lowest BCUT2D eigenvalue weighted by molar-refractivity contribution is 0.0749. The third-order valence-corrected chi connectivity index (χ3v) is 4.17. The molecule has 0 fully saturated rings. The van der Waals surface area contributed by atoms with Gasteiger partial charge in [-0.1, -0.05) is 37.6 Å². The Bertz CT molecular complexity index is 809. The Kier molecular flexibility index (Phi) is 8.21. The minimum atomic E-state index is -0.348. The lowest BCUT2D eigenvalue weighted by Gasteiger charge is -2.19. The molecule has 1 aromatic heterocycles. The van der Waals surface area contributed by atoms with E-state index >= 15 is 0 Å². The Morgan fingerprint density at radius 1 is 1.21 bits per heavy atom. The molecule has 0 aliphatic rings. The Hall–Kier alpha value is -3.15. The zero-order valence-electron chi connectivity index (χ0n) is 16.3. The second-order valence-electron chi connectivity index (χ2n) is 6.40. The predicted octanol–water partition coefficient (Wildman–Crippen LogP) is 3.76. The molecule has 2 rings (SSSR count). The molecule has 2 aromatic rings. The third kappa shape index (κ3) is 5.94. The first-order chi connectivity index (χ1) is 13.6. The second kappa shape index (κ2) is 10.9. The Morgan fingerprint density at radius 3 is 2.61 bits per heavy atom. The average Bonchev–Trinajstić information content (AvgIpc) is 3.18. The van der Waals surface area contributed by atoms with Gasteiger partial charge in [-0.25, -0.2) is 4.98 Å². The van der Waals surface area contributed by atoms with Crippen molar-refractivity contribution in [3.63, 3.8) is 0 Å². The first-order valence-electron chi connectivity index (χ1n) is 9.41. The van der Waals surface area contributed by atoms with Crippen molar-refractivity contribution >= 4 is 11.8 Å². The van der Waals surface area contributed by atoms with Crippen LogP contribution in [0.25, 0.3) is 0 Å². The molecule has 0 radical (unpaired) electrons. The molecular weight excluding hydrogens is 354 g/mol. The number of aryl methyl sites for hydroxylation is 1. The van der Waals surface area contributed by atoms with Gasteiger partial charge in [0.25, 0.3) is 11.8 Å². The number of amides is 2. The lowest BCUT2D eigenvalue weighted by Crippen LogP contribution is -2.31. The smallest absolute Gasteiger partial charge is 0.273 e. The summed E-state index contributed by atoms with van der Waals surface area (Å²) in [6.45, 7) is 10.3. The maximum absolute atomic E-state index is 12.9. The van der Waals surface area contributed by atoms with Crippen molar-refractivity contribution in [3.8, 4) is 0 Å². The highest BCUT2D eigenvalue weighted by Gasteiger charge is 2.19. The monoisotopic (exact) mass is 381 g/mol. The number of benzene rings is 1. The number of oxazole rings is 1. The van der Waals surface area contributed by atoms with Crippen LogP contribution in [0.1, 0.15) is 52.1 Å². The predicted molar refractivity (Wildman–Crippen MR) is 109 cm³/mol. The van der Waals surface area contributed by atoms with Crippen LogP contribution in [0, 0.1) is 0 Å². The second-order valence-corrected chi connectivity index (χ2v) is 6.40. The standard InChI is InChI=1S/C22H27N3O3/c1-4-7-8-17-9-11-18(12-10-17)22(27)25(14-6-3)15-20-24-19(16-28-20)21(26)23-13-5-2/h5-6,9-12,16H,2-4,7-8,13-15H2,1H3,(H,23,26). The van der Waals surface area contributed by atoms with E-state index in [0.717, 1.165) is 19.3 Å². The van der Waals surface area contributed by atoms with E-state index in [1.54, 1.807) is 17.1 Å². The summed E-state index contributed by atoms with van der Waals surface area (Å²) in [6.07, 6.45) is 7.78. The summed E-state index contributed by atoms with van der Waals surface area (Å²) in [4.78, 5) is 30.5.